The largest absolute Gasteiger partial charge is 0.497 e. The van der Waals surface area contributed by atoms with Gasteiger partial charge in [0.2, 0.25) is 0 Å². The minimum absolute atomic E-state index is 0.199. The molecule has 3 atom stereocenters. The monoisotopic (exact) mass is 407 g/mol. The predicted octanol–water partition coefficient (Wildman–Crippen LogP) is 4.68. The maximum atomic E-state index is 12.2. The number of likely N-dealkylation sites (tertiary alicyclic amines) is 1. The van der Waals surface area contributed by atoms with Gasteiger partial charge in [0.1, 0.15) is 5.75 Å². The summed E-state index contributed by atoms with van der Waals surface area (Å²) in [6.45, 7) is 5.38. The summed E-state index contributed by atoms with van der Waals surface area (Å²) < 4.78 is 5.15. The number of ether oxygens (including phenoxy) is 1. The number of amides is 2. The van der Waals surface area contributed by atoms with Crippen LogP contribution >= 0.6 is 0 Å². The van der Waals surface area contributed by atoms with Gasteiger partial charge in [-0.3, -0.25) is 4.90 Å². The summed E-state index contributed by atoms with van der Waals surface area (Å²) in [5, 5.41) is 5.80. The molecule has 4 rings (SSSR count). The van der Waals surface area contributed by atoms with Gasteiger partial charge in [-0.05, 0) is 73.4 Å². The SMILES string of the molecule is COc1ccc(CNC(=O)Nc2ccc(CC(C)N3CC4CCCC4C3)cc2)cc1. The van der Waals surface area contributed by atoms with E-state index in [1.54, 1.807) is 7.11 Å². The van der Waals surface area contributed by atoms with Crippen molar-refractivity contribution in [3.8, 4) is 5.75 Å². The second-order valence-electron chi connectivity index (χ2n) is 8.81. The molecule has 160 valence electrons. The van der Waals surface area contributed by atoms with E-state index in [1.165, 1.54) is 37.9 Å². The second kappa shape index (κ2) is 9.52. The molecule has 2 aromatic rings. The van der Waals surface area contributed by atoms with Crippen molar-refractivity contribution in [3.63, 3.8) is 0 Å². The van der Waals surface area contributed by atoms with Crippen LogP contribution in [0.25, 0.3) is 0 Å². The number of nitrogens with one attached hydrogen (secondary N) is 2. The second-order valence-corrected chi connectivity index (χ2v) is 8.81. The van der Waals surface area contributed by atoms with Gasteiger partial charge < -0.3 is 15.4 Å². The molecule has 2 aliphatic rings. The third-order valence-electron chi connectivity index (χ3n) is 6.73. The number of methoxy groups -OCH3 is 1. The van der Waals surface area contributed by atoms with Crippen molar-refractivity contribution in [2.75, 3.05) is 25.5 Å². The lowest BCUT2D eigenvalue weighted by atomic mass is 10.0. The van der Waals surface area contributed by atoms with E-state index in [4.69, 9.17) is 4.74 Å². The summed E-state index contributed by atoms with van der Waals surface area (Å²) in [4.78, 5) is 14.9. The summed E-state index contributed by atoms with van der Waals surface area (Å²) in [5.74, 6) is 2.69. The van der Waals surface area contributed by atoms with Crippen molar-refractivity contribution in [3.05, 3.63) is 59.7 Å². The Morgan fingerprint density at radius 1 is 1.03 bits per heavy atom. The number of carbonyl (C=O) groups is 1. The zero-order chi connectivity index (χ0) is 20.9. The highest BCUT2D eigenvalue weighted by molar-refractivity contribution is 5.89. The molecule has 0 aromatic heterocycles. The topological polar surface area (TPSA) is 53.6 Å². The lowest BCUT2D eigenvalue weighted by Crippen LogP contribution is -2.33. The molecule has 5 nitrogen and oxygen atoms in total. The molecule has 1 saturated heterocycles. The number of hydrogen-bond donors (Lipinski definition) is 2. The molecule has 3 unspecified atom stereocenters. The van der Waals surface area contributed by atoms with Crippen molar-refractivity contribution >= 4 is 11.7 Å². The van der Waals surface area contributed by atoms with Crippen LogP contribution in [-0.4, -0.2) is 37.2 Å². The molecular weight excluding hydrogens is 374 g/mol. The summed E-state index contributed by atoms with van der Waals surface area (Å²) >= 11 is 0. The molecule has 2 amide bonds. The molecule has 2 fully saturated rings. The van der Waals surface area contributed by atoms with E-state index < -0.39 is 0 Å². The Bertz CT molecular complexity index is 822. The minimum atomic E-state index is -0.199. The zero-order valence-corrected chi connectivity index (χ0v) is 18.1. The normalized spacial score (nSPS) is 21.8. The molecule has 1 aliphatic carbocycles. The number of hydrogen-bond acceptors (Lipinski definition) is 3. The van der Waals surface area contributed by atoms with E-state index in [-0.39, 0.29) is 6.03 Å². The van der Waals surface area contributed by atoms with Crippen LogP contribution in [0.1, 0.15) is 37.3 Å². The average molecular weight is 408 g/mol. The Morgan fingerprint density at radius 3 is 2.30 bits per heavy atom. The zero-order valence-electron chi connectivity index (χ0n) is 18.1. The van der Waals surface area contributed by atoms with Gasteiger partial charge in [0.25, 0.3) is 0 Å². The molecule has 0 bridgehead atoms. The molecule has 5 heteroatoms. The van der Waals surface area contributed by atoms with Crippen molar-refractivity contribution in [2.45, 2.75) is 45.2 Å². The van der Waals surface area contributed by atoms with Gasteiger partial charge in [0, 0.05) is 31.4 Å². The fourth-order valence-corrected chi connectivity index (χ4v) is 4.93. The molecule has 0 spiro atoms. The average Bonchev–Trinajstić information content (AvgIpc) is 3.36. The summed E-state index contributed by atoms with van der Waals surface area (Å²) in [6, 6.07) is 16.3. The summed E-state index contributed by atoms with van der Waals surface area (Å²) in [6.07, 6.45) is 5.34. The number of nitrogens with zero attached hydrogens (tertiary/aromatic N) is 1. The van der Waals surface area contributed by atoms with E-state index in [9.17, 15) is 4.79 Å². The van der Waals surface area contributed by atoms with Crippen LogP contribution in [0, 0.1) is 11.8 Å². The van der Waals surface area contributed by atoms with Crippen LogP contribution in [-0.2, 0) is 13.0 Å². The quantitative estimate of drug-likeness (QED) is 0.701. The molecular formula is C25H33N3O2. The summed E-state index contributed by atoms with van der Waals surface area (Å²) in [5.41, 5.74) is 3.17. The van der Waals surface area contributed by atoms with Crippen LogP contribution in [0.2, 0.25) is 0 Å². The van der Waals surface area contributed by atoms with Crippen LogP contribution in [0.15, 0.2) is 48.5 Å². The van der Waals surface area contributed by atoms with Gasteiger partial charge in [0.15, 0.2) is 0 Å². The first kappa shape index (κ1) is 20.7. The van der Waals surface area contributed by atoms with E-state index in [1.807, 2.05) is 36.4 Å². The van der Waals surface area contributed by atoms with Crippen LogP contribution in [0.4, 0.5) is 10.5 Å². The van der Waals surface area contributed by atoms with E-state index in [0.29, 0.717) is 12.6 Å². The summed E-state index contributed by atoms with van der Waals surface area (Å²) in [7, 11) is 1.64. The Hall–Kier alpha value is -2.53. The third-order valence-corrected chi connectivity index (χ3v) is 6.73. The Balaban J connectivity index is 1.22. The van der Waals surface area contributed by atoms with Gasteiger partial charge >= 0.3 is 6.03 Å². The molecule has 2 N–H and O–H groups in total. The maximum absolute atomic E-state index is 12.2. The van der Waals surface area contributed by atoms with Crippen molar-refractivity contribution in [1.82, 2.24) is 10.2 Å². The number of urea groups is 1. The van der Waals surface area contributed by atoms with Crippen molar-refractivity contribution in [2.24, 2.45) is 11.8 Å². The predicted molar refractivity (Wildman–Crippen MR) is 121 cm³/mol. The number of carbonyl (C=O) groups excluding carboxylic acids is 1. The first-order chi connectivity index (χ1) is 14.6. The van der Waals surface area contributed by atoms with Gasteiger partial charge in [-0.2, -0.15) is 0 Å². The van der Waals surface area contributed by atoms with Gasteiger partial charge in [-0.1, -0.05) is 30.7 Å². The van der Waals surface area contributed by atoms with Crippen molar-refractivity contribution in [1.29, 1.82) is 0 Å². The smallest absolute Gasteiger partial charge is 0.319 e. The van der Waals surface area contributed by atoms with E-state index in [0.717, 1.165) is 35.3 Å². The highest BCUT2D eigenvalue weighted by Crippen LogP contribution is 2.38. The molecule has 1 aliphatic heterocycles. The van der Waals surface area contributed by atoms with Gasteiger partial charge in [0.05, 0.1) is 7.11 Å². The first-order valence-electron chi connectivity index (χ1n) is 11.1. The molecule has 30 heavy (non-hydrogen) atoms. The standard InChI is InChI=1S/C25H33N3O2/c1-18(28-16-21-4-3-5-22(21)17-28)14-19-6-10-23(11-7-19)27-25(29)26-15-20-8-12-24(30-2)13-9-20/h6-13,18,21-22H,3-5,14-17H2,1-2H3,(H2,26,27,29). The third kappa shape index (κ3) is 5.14. The van der Waals surface area contributed by atoms with Crippen LogP contribution in [0.3, 0.4) is 0 Å². The van der Waals surface area contributed by atoms with Gasteiger partial charge in [-0.25, -0.2) is 4.79 Å². The lowest BCUT2D eigenvalue weighted by molar-refractivity contribution is 0.238. The lowest BCUT2D eigenvalue weighted by Gasteiger charge is -2.25. The van der Waals surface area contributed by atoms with Crippen LogP contribution < -0.4 is 15.4 Å². The van der Waals surface area contributed by atoms with E-state index >= 15 is 0 Å². The highest BCUT2D eigenvalue weighted by atomic mass is 16.5. The fourth-order valence-electron chi connectivity index (χ4n) is 4.93. The fraction of sp³-hybridized carbons (Fsp3) is 0.480. The molecule has 2 aromatic carbocycles. The van der Waals surface area contributed by atoms with E-state index in [2.05, 4.69) is 34.6 Å². The number of fused-ring (bicyclic) bond motifs is 1. The number of benzene rings is 2. The maximum Gasteiger partial charge on any atom is 0.319 e. The Kier molecular flexibility index (Phi) is 6.58. The number of rotatable bonds is 7. The molecule has 1 heterocycles. The van der Waals surface area contributed by atoms with Gasteiger partial charge in [-0.15, -0.1) is 0 Å². The molecule has 1 saturated carbocycles. The minimum Gasteiger partial charge on any atom is -0.497 e. The Morgan fingerprint density at radius 2 is 1.67 bits per heavy atom. The van der Waals surface area contributed by atoms with Crippen LogP contribution in [0.5, 0.6) is 5.75 Å². The van der Waals surface area contributed by atoms with Crippen molar-refractivity contribution < 1.29 is 9.53 Å². The molecule has 0 radical (unpaired) electrons. The Labute approximate surface area is 179 Å². The first-order valence-corrected chi connectivity index (χ1v) is 11.1. The number of anilines is 1. The highest BCUT2D eigenvalue weighted by Gasteiger charge is 2.37.